The lowest BCUT2D eigenvalue weighted by Gasteiger charge is -2.32. The van der Waals surface area contributed by atoms with Crippen LogP contribution in [-0.2, 0) is 20.6 Å². The predicted molar refractivity (Wildman–Crippen MR) is 96.1 cm³/mol. The van der Waals surface area contributed by atoms with E-state index in [1.54, 1.807) is 0 Å². The van der Waals surface area contributed by atoms with Gasteiger partial charge in [0.05, 0.1) is 11.2 Å². The van der Waals surface area contributed by atoms with Gasteiger partial charge in [-0.2, -0.15) is 0 Å². The van der Waals surface area contributed by atoms with Crippen molar-refractivity contribution in [2.45, 2.75) is 71.6 Å². The Labute approximate surface area is 145 Å². The zero-order valence-electron chi connectivity index (χ0n) is 15.4. The van der Waals surface area contributed by atoms with Crippen LogP contribution < -0.4 is 10.8 Å². The van der Waals surface area contributed by atoms with E-state index in [1.165, 1.54) is 6.42 Å². The van der Waals surface area contributed by atoms with E-state index >= 15 is 0 Å². The monoisotopic (exact) mass is 329 g/mol. The molecule has 2 fully saturated rings. The van der Waals surface area contributed by atoms with Gasteiger partial charge in [0.2, 0.25) is 5.91 Å². The molecule has 1 aromatic carbocycles. The Kier molecular flexibility index (Phi) is 4.52. The van der Waals surface area contributed by atoms with Crippen molar-refractivity contribution < 1.29 is 14.1 Å². The first-order valence-corrected chi connectivity index (χ1v) is 8.92. The number of benzene rings is 1. The molecule has 0 unspecified atom stereocenters. The Bertz CT molecular complexity index is 621. The fourth-order valence-electron chi connectivity index (χ4n) is 3.04. The quantitative estimate of drug-likeness (QED) is 0.864. The fraction of sp³-hybridized carbons (Fsp3) is 0.632. The average molecular weight is 329 g/mol. The van der Waals surface area contributed by atoms with Gasteiger partial charge in [0.1, 0.15) is 0 Å². The third-order valence-electron chi connectivity index (χ3n) is 5.82. The minimum atomic E-state index is -0.340. The second-order valence-corrected chi connectivity index (χ2v) is 8.12. The van der Waals surface area contributed by atoms with Gasteiger partial charge in [0.25, 0.3) is 0 Å². The molecule has 24 heavy (non-hydrogen) atoms. The molecule has 0 bridgehead atoms. The molecule has 0 radical (unpaired) electrons. The number of aryl methyl sites for hydroxylation is 1. The largest absolute Gasteiger partial charge is 0.494 e. The van der Waals surface area contributed by atoms with Crippen LogP contribution in [0, 0.1) is 12.8 Å². The molecule has 1 saturated heterocycles. The van der Waals surface area contributed by atoms with Crippen molar-refractivity contribution in [2.24, 2.45) is 5.92 Å². The Balaban J connectivity index is 1.66. The van der Waals surface area contributed by atoms with E-state index in [4.69, 9.17) is 9.31 Å². The maximum Gasteiger partial charge on any atom is 0.494 e. The van der Waals surface area contributed by atoms with E-state index in [1.807, 2.05) is 6.07 Å². The molecule has 1 saturated carbocycles. The SMILES string of the molecule is Cc1cc(B2OC(C)(C)C(C)(C)O2)ccc1CNC(=O)C1CCC1. The number of nitrogens with one attached hydrogen (secondary N) is 1. The summed E-state index contributed by atoms with van der Waals surface area (Å²) in [6, 6.07) is 6.21. The topological polar surface area (TPSA) is 47.6 Å². The van der Waals surface area contributed by atoms with Crippen LogP contribution in [0.2, 0.25) is 0 Å². The Hall–Kier alpha value is -1.33. The van der Waals surface area contributed by atoms with Crippen molar-refractivity contribution >= 4 is 18.5 Å². The highest BCUT2D eigenvalue weighted by molar-refractivity contribution is 6.62. The van der Waals surface area contributed by atoms with Crippen LogP contribution in [0.3, 0.4) is 0 Å². The summed E-state index contributed by atoms with van der Waals surface area (Å²) in [5, 5.41) is 3.06. The second kappa shape index (κ2) is 6.19. The van der Waals surface area contributed by atoms with E-state index in [0.29, 0.717) is 6.54 Å². The molecule has 2 aliphatic rings. The number of carbonyl (C=O) groups excluding carboxylic acids is 1. The van der Waals surface area contributed by atoms with Gasteiger partial charge >= 0.3 is 7.12 Å². The Morgan fingerprint density at radius 3 is 2.33 bits per heavy atom. The van der Waals surface area contributed by atoms with Crippen LogP contribution in [0.1, 0.15) is 58.1 Å². The first kappa shape index (κ1) is 17.5. The Morgan fingerprint density at radius 2 is 1.83 bits per heavy atom. The molecule has 1 heterocycles. The first-order valence-electron chi connectivity index (χ1n) is 8.92. The van der Waals surface area contributed by atoms with Crippen molar-refractivity contribution in [3.63, 3.8) is 0 Å². The van der Waals surface area contributed by atoms with Gasteiger partial charge in [-0.1, -0.05) is 24.6 Å². The lowest BCUT2D eigenvalue weighted by molar-refractivity contribution is -0.127. The summed E-state index contributed by atoms with van der Waals surface area (Å²) in [5.74, 6) is 0.421. The summed E-state index contributed by atoms with van der Waals surface area (Å²) in [5.41, 5.74) is 2.65. The van der Waals surface area contributed by atoms with E-state index < -0.39 is 0 Å². The van der Waals surface area contributed by atoms with Crippen molar-refractivity contribution in [1.29, 1.82) is 0 Å². The number of amides is 1. The van der Waals surface area contributed by atoms with Gasteiger partial charge in [0.15, 0.2) is 0 Å². The van der Waals surface area contributed by atoms with Crippen LogP contribution in [-0.4, -0.2) is 24.2 Å². The minimum Gasteiger partial charge on any atom is -0.399 e. The number of rotatable bonds is 4. The molecule has 0 aromatic heterocycles. The molecular weight excluding hydrogens is 301 g/mol. The molecular formula is C19H28BNO3. The molecule has 5 heteroatoms. The van der Waals surface area contributed by atoms with Crippen molar-refractivity contribution in [3.8, 4) is 0 Å². The normalized spacial score (nSPS) is 22.3. The molecule has 1 aliphatic heterocycles. The number of hydrogen-bond acceptors (Lipinski definition) is 3. The van der Waals surface area contributed by atoms with Crippen LogP contribution >= 0.6 is 0 Å². The molecule has 1 N–H and O–H groups in total. The summed E-state index contributed by atoms with van der Waals surface area (Å²) in [7, 11) is -0.340. The lowest BCUT2D eigenvalue weighted by atomic mass is 9.78. The van der Waals surface area contributed by atoms with E-state index in [2.05, 4.69) is 52.1 Å². The van der Waals surface area contributed by atoms with Gasteiger partial charge in [-0.15, -0.1) is 0 Å². The first-order chi connectivity index (χ1) is 11.2. The van der Waals surface area contributed by atoms with Gasteiger partial charge in [-0.05, 0) is 64.1 Å². The fourth-order valence-corrected chi connectivity index (χ4v) is 3.04. The summed E-state index contributed by atoms with van der Waals surface area (Å²) in [4.78, 5) is 12.0. The standard InChI is InChI=1S/C19H28BNO3/c1-13-11-16(20-23-18(2,3)19(4,5)24-20)10-9-15(13)12-21-17(22)14-7-6-8-14/h9-11,14H,6-8,12H2,1-5H3,(H,21,22). The van der Waals surface area contributed by atoms with Gasteiger partial charge < -0.3 is 14.6 Å². The highest BCUT2D eigenvalue weighted by Crippen LogP contribution is 2.36. The maximum absolute atomic E-state index is 12.0. The molecule has 0 spiro atoms. The van der Waals surface area contributed by atoms with Gasteiger partial charge in [0, 0.05) is 12.5 Å². The zero-order valence-corrected chi connectivity index (χ0v) is 15.4. The summed E-state index contributed by atoms with van der Waals surface area (Å²) >= 11 is 0. The predicted octanol–water partition coefficient (Wildman–Crippen LogP) is 2.71. The zero-order chi connectivity index (χ0) is 17.5. The highest BCUT2D eigenvalue weighted by Gasteiger charge is 2.51. The Morgan fingerprint density at radius 1 is 1.21 bits per heavy atom. The smallest absolute Gasteiger partial charge is 0.399 e. The third-order valence-corrected chi connectivity index (χ3v) is 5.82. The summed E-state index contributed by atoms with van der Waals surface area (Å²) in [6.45, 7) is 10.9. The molecule has 1 aliphatic carbocycles. The lowest BCUT2D eigenvalue weighted by Crippen LogP contribution is -2.41. The van der Waals surface area contributed by atoms with Crippen LogP contribution in [0.15, 0.2) is 18.2 Å². The second-order valence-electron chi connectivity index (χ2n) is 8.12. The van der Waals surface area contributed by atoms with Crippen LogP contribution in [0.5, 0.6) is 0 Å². The average Bonchev–Trinajstić information content (AvgIpc) is 2.64. The maximum atomic E-state index is 12.0. The molecule has 1 amide bonds. The van der Waals surface area contributed by atoms with E-state index in [-0.39, 0.29) is 30.1 Å². The number of hydrogen-bond donors (Lipinski definition) is 1. The van der Waals surface area contributed by atoms with Crippen molar-refractivity contribution in [3.05, 3.63) is 29.3 Å². The van der Waals surface area contributed by atoms with Crippen molar-refractivity contribution in [1.82, 2.24) is 5.32 Å². The minimum absolute atomic E-state index is 0.190. The highest BCUT2D eigenvalue weighted by atomic mass is 16.7. The molecule has 3 rings (SSSR count). The summed E-state index contributed by atoms with van der Waals surface area (Å²) in [6.07, 6.45) is 3.25. The van der Waals surface area contributed by atoms with Crippen LogP contribution in [0.4, 0.5) is 0 Å². The molecule has 130 valence electrons. The summed E-state index contributed by atoms with van der Waals surface area (Å²) < 4.78 is 12.2. The molecule has 1 aromatic rings. The van der Waals surface area contributed by atoms with Gasteiger partial charge in [-0.25, -0.2) is 0 Å². The molecule has 0 atom stereocenters. The van der Waals surface area contributed by atoms with E-state index in [9.17, 15) is 4.79 Å². The third kappa shape index (κ3) is 3.24. The van der Waals surface area contributed by atoms with Gasteiger partial charge in [-0.3, -0.25) is 4.79 Å². The molecule has 4 nitrogen and oxygen atoms in total. The van der Waals surface area contributed by atoms with Crippen molar-refractivity contribution in [2.75, 3.05) is 0 Å². The van der Waals surface area contributed by atoms with E-state index in [0.717, 1.165) is 29.4 Å². The van der Waals surface area contributed by atoms with Crippen LogP contribution in [0.25, 0.3) is 0 Å². The number of carbonyl (C=O) groups is 1.